The van der Waals surface area contributed by atoms with E-state index in [0.717, 1.165) is 0 Å². The van der Waals surface area contributed by atoms with E-state index in [1.165, 1.54) is 10.6 Å². The van der Waals surface area contributed by atoms with Crippen molar-refractivity contribution in [2.75, 3.05) is 5.32 Å². The van der Waals surface area contributed by atoms with E-state index in [-0.39, 0.29) is 23.0 Å². The molecule has 5 nitrogen and oxygen atoms in total. The standard InChI is InChI=1S/C14H13Cl2N3O2/c1-8-6-13(21)19(9(2)17-8)7-12(20)18-11-5-3-4-10(15)14(11)16/h3-6H,7H2,1-2H3,(H,18,20). The van der Waals surface area contributed by atoms with Crippen LogP contribution in [-0.4, -0.2) is 15.5 Å². The van der Waals surface area contributed by atoms with Crippen LogP contribution >= 0.6 is 23.2 Å². The second-order valence-electron chi connectivity index (χ2n) is 4.52. The zero-order valence-corrected chi connectivity index (χ0v) is 13.0. The van der Waals surface area contributed by atoms with E-state index in [9.17, 15) is 9.59 Å². The molecule has 1 N–H and O–H groups in total. The van der Waals surface area contributed by atoms with Crippen LogP contribution in [0.5, 0.6) is 0 Å². The van der Waals surface area contributed by atoms with E-state index in [2.05, 4.69) is 10.3 Å². The highest BCUT2D eigenvalue weighted by Crippen LogP contribution is 2.29. The molecule has 0 unspecified atom stereocenters. The van der Waals surface area contributed by atoms with Crippen LogP contribution in [0.15, 0.2) is 29.1 Å². The third-order valence-electron chi connectivity index (χ3n) is 2.85. The molecule has 0 radical (unpaired) electrons. The van der Waals surface area contributed by atoms with Gasteiger partial charge in [-0.05, 0) is 26.0 Å². The lowest BCUT2D eigenvalue weighted by atomic mass is 10.3. The normalized spacial score (nSPS) is 10.5. The summed E-state index contributed by atoms with van der Waals surface area (Å²) < 4.78 is 1.29. The van der Waals surface area contributed by atoms with Crippen LogP contribution in [0.4, 0.5) is 5.69 Å². The van der Waals surface area contributed by atoms with Gasteiger partial charge in [-0.2, -0.15) is 0 Å². The number of aromatic nitrogens is 2. The summed E-state index contributed by atoms with van der Waals surface area (Å²) in [5.74, 6) is 0.0994. The minimum Gasteiger partial charge on any atom is -0.323 e. The Morgan fingerprint density at radius 1 is 1.33 bits per heavy atom. The molecule has 1 aromatic carbocycles. The monoisotopic (exact) mass is 325 g/mol. The van der Waals surface area contributed by atoms with Gasteiger partial charge in [0.25, 0.3) is 5.56 Å². The van der Waals surface area contributed by atoms with Gasteiger partial charge >= 0.3 is 0 Å². The van der Waals surface area contributed by atoms with Crippen LogP contribution in [-0.2, 0) is 11.3 Å². The molecule has 0 aliphatic heterocycles. The fraction of sp³-hybridized carbons (Fsp3) is 0.214. The SMILES string of the molecule is Cc1cc(=O)n(CC(=O)Nc2cccc(Cl)c2Cl)c(C)n1. The zero-order chi connectivity index (χ0) is 15.6. The van der Waals surface area contributed by atoms with Crippen LogP contribution in [0, 0.1) is 13.8 Å². The van der Waals surface area contributed by atoms with Gasteiger partial charge in [0, 0.05) is 11.8 Å². The number of nitrogens with zero attached hydrogens (tertiary/aromatic N) is 2. The van der Waals surface area contributed by atoms with Crippen LogP contribution in [0.2, 0.25) is 10.0 Å². The lowest BCUT2D eigenvalue weighted by Crippen LogP contribution is -2.30. The van der Waals surface area contributed by atoms with Crippen molar-refractivity contribution in [3.05, 3.63) is 56.2 Å². The van der Waals surface area contributed by atoms with E-state index in [4.69, 9.17) is 23.2 Å². The smallest absolute Gasteiger partial charge is 0.254 e. The number of halogens is 2. The number of hydrogen-bond acceptors (Lipinski definition) is 3. The highest BCUT2D eigenvalue weighted by molar-refractivity contribution is 6.43. The number of hydrogen-bond donors (Lipinski definition) is 1. The maximum Gasteiger partial charge on any atom is 0.254 e. The van der Waals surface area contributed by atoms with Crippen molar-refractivity contribution >= 4 is 34.8 Å². The van der Waals surface area contributed by atoms with Gasteiger partial charge in [-0.25, -0.2) is 4.98 Å². The van der Waals surface area contributed by atoms with Crippen molar-refractivity contribution < 1.29 is 4.79 Å². The number of benzene rings is 1. The molecule has 0 aliphatic rings. The Hall–Kier alpha value is -1.85. The Bertz CT molecular complexity index is 756. The van der Waals surface area contributed by atoms with Crippen LogP contribution < -0.4 is 10.9 Å². The molecule has 7 heteroatoms. The molecule has 2 rings (SSSR count). The Morgan fingerprint density at radius 3 is 2.71 bits per heavy atom. The van der Waals surface area contributed by atoms with Gasteiger partial charge < -0.3 is 5.32 Å². The lowest BCUT2D eigenvalue weighted by molar-refractivity contribution is -0.116. The number of nitrogens with one attached hydrogen (secondary N) is 1. The van der Waals surface area contributed by atoms with Crippen LogP contribution in [0.3, 0.4) is 0 Å². The molecule has 0 saturated carbocycles. The van der Waals surface area contributed by atoms with Gasteiger partial charge in [0.2, 0.25) is 5.91 Å². The summed E-state index contributed by atoms with van der Waals surface area (Å²) >= 11 is 11.9. The molecule has 0 aliphatic carbocycles. The largest absolute Gasteiger partial charge is 0.323 e. The molecule has 1 heterocycles. The predicted octanol–water partition coefficient (Wildman–Crippen LogP) is 2.81. The first kappa shape index (κ1) is 15.5. The summed E-state index contributed by atoms with van der Waals surface area (Å²) in [6, 6.07) is 6.31. The molecular formula is C14H13Cl2N3O2. The minimum atomic E-state index is -0.380. The zero-order valence-electron chi connectivity index (χ0n) is 11.5. The fourth-order valence-corrected chi connectivity index (χ4v) is 2.24. The second kappa shape index (κ2) is 6.28. The summed E-state index contributed by atoms with van der Waals surface area (Å²) in [5.41, 5.74) is 0.749. The highest BCUT2D eigenvalue weighted by atomic mass is 35.5. The molecule has 21 heavy (non-hydrogen) atoms. The van der Waals surface area contributed by atoms with E-state index in [0.29, 0.717) is 22.2 Å². The predicted molar refractivity (Wildman–Crippen MR) is 83.1 cm³/mol. The Kier molecular flexibility index (Phi) is 4.65. The van der Waals surface area contributed by atoms with Crippen molar-refractivity contribution in [1.29, 1.82) is 0 Å². The van der Waals surface area contributed by atoms with Crippen molar-refractivity contribution in [2.24, 2.45) is 0 Å². The number of amides is 1. The molecular weight excluding hydrogens is 313 g/mol. The fourth-order valence-electron chi connectivity index (χ4n) is 1.89. The number of anilines is 1. The first-order valence-electron chi connectivity index (χ1n) is 6.17. The lowest BCUT2D eigenvalue weighted by Gasteiger charge is -2.11. The van der Waals surface area contributed by atoms with Gasteiger partial charge in [-0.3, -0.25) is 14.2 Å². The quantitative estimate of drug-likeness (QED) is 0.943. The third kappa shape index (κ3) is 3.62. The summed E-state index contributed by atoms with van der Waals surface area (Å²) in [5, 5.41) is 3.24. The summed E-state index contributed by atoms with van der Waals surface area (Å²) in [4.78, 5) is 28.1. The molecule has 0 bridgehead atoms. The molecule has 0 spiro atoms. The van der Waals surface area contributed by atoms with Gasteiger partial charge in [-0.1, -0.05) is 29.3 Å². The summed E-state index contributed by atoms with van der Waals surface area (Å²) in [6.07, 6.45) is 0. The van der Waals surface area contributed by atoms with E-state index in [1.54, 1.807) is 32.0 Å². The van der Waals surface area contributed by atoms with Crippen molar-refractivity contribution in [3.63, 3.8) is 0 Å². The van der Waals surface area contributed by atoms with E-state index in [1.807, 2.05) is 0 Å². The first-order chi connectivity index (χ1) is 9.88. The van der Waals surface area contributed by atoms with Crippen LogP contribution in [0.25, 0.3) is 0 Å². The van der Waals surface area contributed by atoms with Crippen molar-refractivity contribution in [1.82, 2.24) is 9.55 Å². The summed E-state index contributed by atoms with van der Waals surface area (Å²) in [6.45, 7) is 3.26. The number of carbonyl (C=O) groups excluding carboxylic acids is 1. The molecule has 110 valence electrons. The minimum absolute atomic E-state index is 0.138. The second-order valence-corrected chi connectivity index (χ2v) is 5.30. The maximum atomic E-state index is 12.0. The van der Waals surface area contributed by atoms with E-state index < -0.39 is 0 Å². The van der Waals surface area contributed by atoms with Gasteiger partial charge in [0.15, 0.2) is 0 Å². The van der Waals surface area contributed by atoms with E-state index >= 15 is 0 Å². The van der Waals surface area contributed by atoms with Gasteiger partial charge in [0.05, 0.1) is 15.7 Å². The maximum absolute atomic E-state index is 12.0. The molecule has 1 amide bonds. The topological polar surface area (TPSA) is 64.0 Å². The van der Waals surface area contributed by atoms with Crippen LogP contribution in [0.1, 0.15) is 11.5 Å². The summed E-state index contributed by atoms with van der Waals surface area (Å²) in [7, 11) is 0. The number of rotatable bonds is 3. The Labute approximate surface area is 131 Å². The van der Waals surface area contributed by atoms with Gasteiger partial charge in [0.1, 0.15) is 12.4 Å². The molecule has 0 fully saturated rings. The van der Waals surface area contributed by atoms with Gasteiger partial charge in [-0.15, -0.1) is 0 Å². The molecule has 2 aromatic rings. The Morgan fingerprint density at radius 2 is 2.05 bits per heavy atom. The van der Waals surface area contributed by atoms with Crippen molar-refractivity contribution in [2.45, 2.75) is 20.4 Å². The third-order valence-corrected chi connectivity index (χ3v) is 3.67. The molecule has 0 saturated heterocycles. The highest BCUT2D eigenvalue weighted by Gasteiger charge is 2.11. The molecule has 0 atom stereocenters. The number of carbonyl (C=O) groups is 1. The Balaban J connectivity index is 2.20. The van der Waals surface area contributed by atoms with Crippen molar-refractivity contribution in [3.8, 4) is 0 Å². The molecule has 1 aromatic heterocycles. The average Bonchev–Trinajstić information content (AvgIpc) is 2.39. The first-order valence-corrected chi connectivity index (χ1v) is 6.93. The average molecular weight is 326 g/mol. The number of aryl methyl sites for hydroxylation is 2.